The molecule has 1 heterocycles. The number of anilines is 2. The number of nitrogens with zero attached hydrogens (tertiary/aromatic N) is 4. The molecule has 1 aromatic heterocycles. The molecule has 1 N–H and O–H groups in total. The van der Waals surface area contributed by atoms with Gasteiger partial charge in [-0.15, -0.1) is 0 Å². The lowest BCUT2D eigenvalue weighted by atomic mass is 10.2. The van der Waals surface area contributed by atoms with Crippen molar-refractivity contribution in [3.63, 3.8) is 0 Å². The third-order valence-corrected chi connectivity index (χ3v) is 2.70. The molecular weight excluding hydrogens is 270 g/mol. The van der Waals surface area contributed by atoms with Crippen LogP contribution in [0.1, 0.15) is 27.2 Å². The average Bonchev–Trinajstić information content (AvgIpc) is 2.48. The van der Waals surface area contributed by atoms with Crippen molar-refractivity contribution in [2.24, 2.45) is 5.92 Å². The van der Waals surface area contributed by atoms with E-state index in [0.29, 0.717) is 37.0 Å². The Morgan fingerprint density at radius 2 is 1.95 bits per heavy atom. The summed E-state index contributed by atoms with van der Waals surface area (Å²) >= 11 is 0. The van der Waals surface area contributed by atoms with Gasteiger partial charge in [0.05, 0.1) is 13.2 Å². The highest BCUT2D eigenvalue weighted by Crippen LogP contribution is 2.16. The van der Waals surface area contributed by atoms with E-state index < -0.39 is 0 Å². The number of hydrogen-bond donors (Lipinski definition) is 1. The molecule has 0 aliphatic rings. The summed E-state index contributed by atoms with van der Waals surface area (Å²) in [7, 11) is 3.47. The van der Waals surface area contributed by atoms with Crippen LogP contribution in [0.25, 0.3) is 0 Å². The number of hydrogen-bond acceptors (Lipinski definition) is 7. The zero-order valence-corrected chi connectivity index (χ0v) is 13.7. The molecular formula is C14H27N5O2. The number of nitrogens with one attached hydrogen (secondary N) is 1. The lowest BCUT2D eigenvalue weighted by Gasteiger charge is -2.24. The van der Waals surface area contributed by atoms with Crippen LogP contribution >= 0.6 is 0 Å². The molecule has 0 aliphatic carbocycles. The van der Waals surface area contributed by atoms with Gasteiger partial charge in [-0.25, -0.2) is 0 Å². The molecule has 1 aromatic rings. The van der Waals surface area contributed by atoms with Gasteiger partial charge >= 0.3 is 6.01 Å². The summed E-state index contributed by atoms with van der Waals surface area (Å²) in [5, 5.41) is 2.95. The Morgan fingerprint density at radius 1 is 1.19 bits per heavy atom. The van der Waals surface area contributed by atoms with Crippen molar-refractivity contribution in [3.8, 4) is 6.01 Å². The topological polar surface area (TPSA) is 72.4 Å². The van der Waals surface area contributed by atoms with E-state index in [1.807, 2.05) is 6.92 Å². The van der Waals surface area contributed by atoms with E-state index >= 15 is 0 Å². The molecule has 0 unspecified atom stereocenters. The van der Waals surface area contributed by atoms with Crippen LogP contribution in [0.3, 0.4) is 0 Å². The molecule has 0 radical (unpaired) electrons. The third kappa shape index (κ3) is 6.12. The predicted octanol–water partition coefficient (Wildman–Crippen LogP) is 1.81. The lowest BCUT2D eigenvalue weighted by Crippen LogP contribution is -2.32. The first-order valence-electron chi connectivity index (χ1n) is 7.41. The van der Waals surface area contributed by atoms with Gasteiger partial charge in [-0.2, -0.15) is 15.0 Å². The zero-order chi connectivity index (χ0) is 15.7. The monoisotopic (exact) mass is 297 g/mol. The van der Waals surface area contributed by atoms with Gasteiger partial charge in [0.1, 0.15) is 0 Å². The molecule has 0 bridgehead atoms. The second kappa shape index (κ2) is 9.33. The lowest BCUT2D eigenvalue weighted by molar-refractivity contribution is 0.204. The van der Waals surface area contributed by atoms with Crippen molar-refractivity contribution < 1.29 is 9.47 Å². The fourth-order valence-electron chi connectivity index (χ4n) is 1.77. The molecule has 21 heavy (non-hydrogen) atoms. The molecule has 1 rings (SSSR count). The quantitative estimate of drug-likeness (QED) is 0.706. The van der Waals surface area contributed by atoms with E-state index in [-0.39, 0.29) is 0 Å². The SMILES string of the molecule is CCCOc1nc(NC)nc(N(CCOC)CC(C)C)n1. The summed E-state index contributed by atoms with van der Waals surface area (Å²) in [5.41, 5.74) is 0. The van der Waals surface area contributed by atoms with Gasteiger partial charge in [-0.3, -0.25) is 0 Å². The summed E-state index contributed by atoms with van der Waals surface area (Å²) in [4.78, 5) is 15.1. The van der Waals surface area contributed by atoms with Crippen molar-refractivity contribution in [1.82, 2.24) is 15.0 Å². The second-order valence-corrected chi connectivity index (χ2v) is 5.17. The molecule has 120 valence electrons. The van der Waals surface area contributed by atoms with Crippen molar-refractivity contribution >= 4 is 11.9 Å². The molecule has 7 nitrogen and oxygen atoms in total. The van der Waals surface area contributed by atoms with Gasteiger partial charge in [0.25, 0.3) is 0 Å². The fraction of sp³-hybridized carbons (Fsp3) is 0.786. The largest absolute Gasteiger partial charge is 0.463 e. The second-order valence-electron chi connectivity index (χ2n) is 5.17. The maximum atomic E-state index is 5.54. The van der Waals surface area contributed by atoms with Crippen LogP contribution in [0, 0.1) is 5.92 Å². The van der Waals surface area contributed by atoms with Crippen LogP contribution in [0.4, 0.5) is 11.9 Å². The van der Waals surface area contributed by atoms with E-state index in [1.165, 1.54) is 0 Å². The molecule has 0 spiro atoms. The van der Waals surface area contributed by atoms with E-state index in [1.54, 1.807) is 14.2 Å². The first kappa shape index (κ1) is 17.4. The maximum absolute atomic E-state index is 5.54. The van der Waals surface area contributed by atoms with Gasteiger partial charge < -0.3 is 19.7 Å². The van der Waals surface area contributed by atoms with Crippen LogP contribution in [0.2, 0.25) is 0 Å². The minimum atomic E-state index is 0.359. The Balaban J connectivity index is 2.97. The van der Waals surface area contributed by atoms with Crippen molar-refractivity contribution in [2.45, 2.75) is 27.2 Å². The Morgan fingerprint density at radius 3 is 2.52 bits per heavy atom. The average molecular weight is 297 g/mol. The van der Waals surface area contributed by atoms with Gasteiger partial charge in [-0.1, -0.05) is 20.8 Å². The van der Waals surface area contributed by atoms with Gasteiger partial charge in [0, 0.05) is 27.2 Å². The Labute approximate surface area is 127 Å². The van der Waals surface area contributed by atoms with Crippen molar-refractivity contribution in [3.05, 3.63) is 0 Å². The van der Waals surface area contributed by atoms with Crippen molar-refractivity contribution in [1.29, 1.82) is 0 Å². The standard InChI is InChI=1S/C14H27N5O2/c1-6-8-21-14-17-12(15-4)16-13(18-14)19(7-9-20-5)10-11(2)3/h11H,6-10H2,1-5H3,(H,15,16,17,18). The third-order valence-electron chi connectivity index (χ3n) is 2.70. The molecule has 0 saturated carbocycles. The molecule has 0 fully saturated rings. The summed E-state index contributed by atoms with van der Waals surface area (Å²) < 4.78 is 10.7. The van der Waals surface area contributed by atoms with Crippen LogP contribution in [0.15, 0.2) is 0 Å². The van der Waals surface area contributed by atoms with E-state index in [0.717, 1.165) is 19.5 Å². The Bertz CT molecular complexity index is 414. The maximum Gasteiger partial charge on any atom is 0.323 e. The minimum absolute atomic E-state index is 0.359. The Kier molecular flexibility index (Phi) is 7.74. The first-order valence-corrected chi connectivity index (χ1v) is 7.41. The molecule has 0 aliphatic heterocycles. The highest BCUT2D eigenvalue weighted by molar-refractivity contribution is 5.38. The number of ether oxygens (including phenoxy) is 2. The minimum Gasteiger partial charge on any atom is -0.463 e. The van der Waals surface area contributed by atoms with E-state index in [9.17, 15) is 0 Å². The fourth-order valence-corrected chi connectivity index (χ4v) is 1.77. The van der Waals surface area contributed by atoms with E-state index in [4.69, 9.17) is 9.47 Å². The summed E-state index contributed by atoms with van der Waals surface area (Å²) in [6, 6.07) is 0.359. The van der Waals surface area contributed by atoms with Crippen LogP contribution < -0.4 is 15.0 Å². The van der Waals surface area contributed by atoms with Gasteiger partial charge in [0.2, 0.25) is 11.9 Å². The summed E-state index contributed by atoms with van der Waals surface area (Å²) in [5.74, 6) is 1.63. The normalized spacial score (nSPS) is 10.8. The van der Waals surface area contributed by atoms with Crippen LogP contribution in [-0.4, -0.2) is 55.4 Å². The highest BCUT2D eigenvalue weighted by atomic mass is 16.5. The van der Waals surface area contributed by atoms with Crippen LogP contribution in [-0.2, 0) is 4.74 Å². The molecule has 0 atom stereocenters. The summed E-state index contributed by atoms with van der Waals surface area (Å²) in [6.45, 7) is 9.17. The number of methoxy groups -OCH3 is 1. The number of rotatable bonds is 10. The highest BCUT2D eigenvalue weighted by Gasteiger charge is 2.15. The van der Waals surface area contributed by atoms with Gasteiger partial charge in [-0.05, 0) is 12.3 Å². The molecule has 0 saturated heterocycles. The molecule has 7 heteroatoms. The molecule has 0 aromatic carbocycles. The van der Waals surface area contributed by atoms with E-state index in [2.05, 4.69) is 39.0 Å². The molecule has 0 amide bonds. The number of aromatic nitrogens is 3. The Hall–Kier alpha value is -1.63. The predicted molar refractivity (Wildman–Crippen MR) is 84.1 cm³/mol. The zero-order valence-electron chi connectivity index (χ0n) is 13.7. The summed E-state index contributed by atoms with van der Waals surface area (Å²) in [6.07, 6.45) is 0.912. The van der Waals surface area contributed by atoms with Gasteiger partial charge in [0.15, 0.2) is 0 Å². The smallest absolute Gasteiger partial charge is 0.323 e. The van der Waals surface area contributed by atoms with Crippen molar-refractivity contribution in [2.75, 3.05) is 50.7 Å². The van der Waals surface area contributed by atoms with Crippen LogP contribution in [0.5, 0.6) is 6.01 Å². The first-order chi connectivity index (χ1) is 10.1.